The van der Waals surface area contributed by atoms with Crippen molar-refractivity contribution in [3.05, 3.63) is 0 Å². The smallest absolute Gasteiger partial charge is 0.329 e. The van der Waals surface area contributed by atoms with Crippen molar-refractivity contribution in [1.29, 1.82) is 0 Å². The molecule has 4 atom stereocenters. The van der Waals surface area contributed by atoms with Crippen molar-refractivity contribution in [2.24, 2.45) is 0 Å². The van der Waals surface area contributed by atoms with Crippen LogP contribution in [-0.2, 0) is 28.7 Å². The summed E-state index contributed by atoms with van der Waals surface area (Å²) in [5.74, 6) is 0.333. The number of nitrogens with one attached hydrogen (secondary N) is 1. The first kappa shape index (κ1) is 33.4. The second-order valence-electron chi connectivity index (χ2n) is 11.6. The summed E-state index contributed by atoms with van der Waals surface area (Å²) in [4.78, 5) is 55.7. The van der Waals surface area contributed by atoms with Crippen molar-refractivity contribution in [3.8, 4) is 0 Å². The second-order valence-corrected chi connectivity index (χ2v) is 12.7. The second kappa shape index (κ2) is 16.5. The number of amides is 2. The Balaban J connectivity index is 1.99. The topological polar surface area (TPSA) is 105 Å². The van der Waals surface area contributed by atoms with Crippen LogP contribution in [-0.4, -0.2) is 94.5 Å². The van der Waals surface area contributed by atoms with Crippen molar-refractivity contribution < 1.29 is 28.7 Å². The number of hydrogen-bond donors (Lipinski definition) is 1. The van der Waals surface area contributed by atoms with Gasteiger partial charge in [-0.05, 0) is 72.5 Å². The molecule has 2 aliphatic heterocycles. The van der Waals surface area contributed by atoms with E-state index < -0.39 is 29.8 Å². The van der Waals surface area contributed by atoms with Crippen LogP contribution in [0.3, 0.4) is 0 Å². The number of thioether (sulfide) groups is 1. The average molecular weight is 570 g/mol. The van der Waals surface area contributed by atoms with Gasteiger partial charge in [0.05, 0.1) is 12.6 Å². The van der Waals surface area contributed by atoms with Crippen LogP contribution in [0.25, 0.3) is 0 Å². The molecule has 0 aromatic carbocycles. The average Bonchev–Trinajstić information content (AvgIpc) is 3.56. The summed E-state index contributed by atoms with van der Waals surface area (Å²) in [6, 6.07) is -2.48. The van der Waals surface area contributed by atoms with E-state index >= 15 is 0 Å². The number of likely N-dealkylation sites (tertiary alicyclic amines) is 2. The summed E-state index contributed by atoms with van der Waals surface area (Å²) in [7, 11) is 0. The Morgan fingerprint density at radius 2 is 1.59 bits per heavy atom. The summed E-state index contributed by atoms with van der Waals surface area (Å²) in [6.45, 7) is 12.4. The molecule has 2 heterocycles. The fourth-order valence-corrected chi connectivity index (χ4v) is 6.22. The lowest BCUT2D eigenvalue weighted by Gasteiger charge is -2.33. The molecule has 2 saturated heterocycles. The molecule has 2 rings (SSSR count). The molecule has 0 aromatic heterocycles. The Bertz CT molecular complexity index is 817. The predicted molar refractivity (Wildman–Crippen MR) is 154 cm³/mol. The minimum atomic E-state index is -0.654. The molecule has 9 nitrogen and oxygen atoms in total. The maximum atomic E-state index is 13.6. The van der Waals surface area contributed by atoms with Crippen LogP contribution in [0.5, 0.6) is 0 Å². The highest BCUT2D eigenvalue weighted by atomic mass is 32.2. The fourth-order valence-electron chi connectivity index (χ4n) is 5.18. The zero-order chi connectivity index (χ0) is 29.0. The SMILES string of the molecule is CCCCCCCSC[C@H](NC(C)C(=O)N1CCC[C@H]1C(=O)N1CCC[C@H]1C(=O)OC(C)(C)C)C(=O)OCC. The van der Waals surface area contributed by atoms with E-state index in [0.717, 1.165) is 25.0 Å². The van der Waals surface area contributed by atoms with Crippen LogP contribution in [0.15, 0.2) is 0 Å². The molecule has 0 aliphatic carbocycles. The standard InChI is InChI=1S/C29H51N3O6S/c1-7-9-10-11-12-19-39-20-22(27(35)37-8-2)30-21(3)25(33)31-17-13-15-23(31)26(34)32-18-14-16-24(32)28(36)38-29(4,5)6/h21-24,30H,7-20H2,1-6H3/t21?,22-,23-,24-/m0/s1. The van der Waals surface area contributed by atoms with Gasteiger partial charge in [-0.3, -0.25) is 19.7 Å². The van der Waals surface area contributed by atoms with Gasteiger partial charge in [0.2, 0.25) is 11.8 Å². The molecule has 2 aliphatic rings. The van der Waals surface area contributed by atoms with E-state index in [1.165, 1.54) is 25.7 Å². The minimum absolute atomic E-state index is 0.193. The molecule has 0 aromatic rings. The zero-order valence-electron chi connectivity index (χ0n) is 25.0. The summed E-state index contributed by atoms with van der Waals surface area (Å²) < 4.78 is 10.8. The molecule has 224 valence electrons. The molecule has 2 fully saturated rings. The van der Waals surface area contributed by atoms with Crippen molar-refractivity contribution in [3.63, 3.8) is 0 Å². The van der Waals surface area contributed by atoms with Crippen molar-refractivity contribution in [1.82, 2.24) is 15.1 Å². The van der Waals surface area contributed by atoms with E-state index in [9.17, 15) is 19.2 Å². The number of carbonyl (C=O) groups excluding carboxylic acids is 4. The third kappa shape index (κ3) is 10.6. The van der Waals surface area contributed by atoms with Gasteiger partial charge in [0, 0.05) is 18.8 Å². The van der Waals surface area contributed by atoms with Gasteiger partial charge in [0.1, 0.15) is 23.7 Å². The highest BCUT2D eigenvalue weighted by molar-refractivity contribution is 7.99. The molecular weight excluding hydrogens is 518 g/mol. The number of unbranched alkanes of at least 4 members (excludes halogenated alkanes) is 4. The Kier molecular flexibility index (Phi) is 14.1. The highest BCUT2D eigenvalue weighted by Crippen LogP contribution is 2.27. The molecule has 2 amide bonds. The lowest BCUT2D eigenvalue weighted by atomic mass is 10.1. The fraction of sp³-hybridized carbons (Fsp3) is 0.862. The number of ether oxygens (including phenoxy) is 2. The third-order valence-electron chi connectivity index (χ3n) is 7.11. The molecule has 1 N–H and O–H groups in total. The molecule has 0 spiro atoms. The number of esters is 2. The van der Waals surface area contributed by atoms with E-state index in [2.05, 4.69) is 12.2 Å². The molecule has 0 bridgehead atoms. The quantitative estimate of drug-likeness (QED) is 0.234. The lowest BCUT2D eigenvalue weighted by Crippen LogP contribution is -2.56. The summed E-state index contributed by atoms with van der Waals surface area (Å²) in [6.07, 6.45) is 8.54. The zero-order valence-corrected chi connectivity index (χ0v) is 25.8. The van der Waals surface area contributed by atoms with E-state index in [1.54, 1.807) is 35.4 Å². The predicted octanol–water partition coefficient (Wildman–Crippen LogP) is 3.92. The van der Waals surface area contributed by atoms with E-state index in [0.29, 0.717) is 31.7 Å². The molecule has 39 heavy (non-hydrogen) atoms. The normalized spacial score (nSPS) is 21.1. The molecule has 10 heteroatoms. The van der Waals surface area contributed by atoms with E-state index in [1.807, 2.05) is 20.8 Å². The van der Waals surface area contributed by atoms with Gasteiger partial charge in [0.15, 0.2) is 0 Å². The molecule has 1 unspecified atom stereocenters. The lowest BCUT2D eigenvalue weighted by molar-refractivity contribution is -0.164. The first-order valence-electron chi connectivity index (χ1n) is 14.8. The largest absolute Gasteiger partial charge is 0.465 e. The summed E-state index contributed by atoms with van der Waals surface area (Å²) in [5, 5.41) is 3.19. The van der Waals surface area contributed by atoms with E-state index in [-0.39, 0.29) is 30.4 Å². The Morgan fingerprint density at radius 1 is 0.949 bits per heavy atom. The van der Waals surface area contributed by atoms with Crippen LogP contribution in [0.4, 0.5) is 0 Å². The Morgan fingerprint density at radius 3 is 2.23 bits per heavy atom. The van der Waals surface area contributed by atoms with Crippen LogP contribution >= 0.6 is 11.8 Å². The van der Waals surface area contributed by atoms with Crippen molar-refractivity contribution >= 4 is 35.5 Å². The summed E-state index contributed by atoms with van der Waals surface area (Å²) >= 11 is 1.70. The highest BCUT2D eigenvalue weighted by Gasteiger charge is 2.44. The Labute approximate surface area is 239 Å². The van der Waals surface area contributed by atoms with Gasteiger partial charge in [-0.15, -0.1) is 0 Å². The summed E-state index contributed by atoms with van der Waals surface area (Å²) in [5.41, 5.74) is -0.631. The van der Waals surface area contributed by atoms with E-state index in [4.69, 9.17) is 9.47 Å². The third-order valence-corrected chi connectivity index (χ3v) is 8.25. The number of hydrogen-bond acceptors (Lipinski definition) is 8. The first-order valence-corrected chi connectivity index (χ1v) is 16.0. The number of nitrogens with zero attached hydrogens (tertiary/aromatic N) is 2. The van der Waals surface area contributed by atoms with Crippen LogP contribution in [0, 0.1) is 0 Å². The van der Waals surface area contributed by atoms with Crippen molar-refractivity contribution in [2.75, 3.05) is 31.2 Å². The van der Waals surface area contributed by atoms with Gasteiger partial charge in [-0.2, -0.15) is 11.8 Å². The van der Waals surface area contributed by atoms with Gasteiger partial charge in [-0.1, -0.05) is 32.6 Å². The molecule has 0 saturated carbocycles. The maximum Gasteiger partial charge on any atom is 0.329 e. The van der Waals surface area contributed by atoms with Crippen LogP contribution in [0.2, 0.25) is 0 Å². The number of rotatable bonds is 15. The first-order chi connectivity index (χ1) is 18.5. The van der Waals surface area contributed by atoms with Gasteiger partial charge >= 0.3 is 11.9 Å². The maximum absolute atomic E-state index is 13.6. The van der Waals surface area contributed by atoms with Crippen LogP contribution < -0.4 is 5.32 Å². The van der Waals surface area contributed by atoms with Crippen molar-refractivity contribution in [2.45, 2.75) is 129 Å². The minimum Gasteiger partial charge on any atom is -0.465 e. The van der Waals surface area contributed by atoms with Gasteiger partial charge in [-0.25, -0.2) is 4.79 Å². The Hall–Kier alpha value is -1.81. The van der Waals surface area contributed by atoms with Gasteiger partial charge < -0.3 is 19.3 Å². The van der Waals surface area contributed by atoms with Crippen LogP contribution in [0.1, 0.15) is 99.3 Å². The number of carbonyl (C=O) groups is 4. The van der Waals surface area contributed by atoms with Gasteiger partial charge in [0.25, 0.3) is 0 Å². The molecular formula is C29H51N3O6S. The molecule has 0 radical (unpaired) electrons. The monoisotopic (exact) mass is 569 g/mol.